The van der Waals surface area contributed by atoms with E-state index in [9.17, 15) is 0 Å². The Bertz CT molecular complexity index is 382. The van der Waals surface area contributed by atoms with Crippen molar-refractivity contribution in [2.45, 2.75) is 53.6 Å². The topological polar surface area (TPSA) is 28.2 Å². The zero-order chi connectivity index (χ0) is 14.5. The van der Waals surface area contributed by atoms with E-state index in [1.54, 1.807) is 0 Å². The number of anilines is 1. The van der Waals surface area contributed by atoms with Crippen molar-refractivity contribution in [3.8, 4) is 0 Å². The molecule has 0 saturated heterocycles. The van der Waals surface area contributed by atoms with Crippen LogP contribution in [0.2, 0.25) is 0 Å². The van der Waals surface area contributed by atoms with Crippen molar-refractivity contribution in [2.24, 2.45) is 5.41 Å². The number of aromatic nitrogens is 1. The standard InChI is InChI=1S/C16H29N3/c1-7-10-17-15-14(9-8-11-18-15)12-19(6)13(2)16(3,4)5/h8-9,11,13H,7,10,12H2,1-6H3,(H,17,18). The van der Waals surface area contributed by atoms with E-state index in [1.165, 1.54) is 5.56 Å². The van der Waals surface area contributed by atoms with Crippen LogP contribution in [0.3, 0.4) is 0 Å². The fourth-order valence-electron chi connectivity index (χ4n) is 2.04. The van der Waals surface area contributed by atoms with Crippen LogP contribution in [-0.4, -0.2) is 29.5 Å². The molecule has 0 amide bonds. The molecule has 0 saturated carbocycles. The molecule has 0 aliphatic rings. The van der Waals surface area contributed by atoms with E-state index >= 15 is 0 Å². The molecule has 1 aromatic rings. The summed E-state index contributed by atoms with van der Waals surface area (Å²) in [6, 6.07) is 4.70. The minimum absolute atomic E-state index is 0.286. The first kappa shape index (κ1) is 16.0. The highest BCUT2D eigenvalue weighted by Crippen LogP contribution is 2.25. The van der Waals surface area contributed by atoms with Gasteiger partial charge in [-0.3, -0.25) is 4.90 Å². The number of pyridine rings is 1. The van der Waals surface area contributed by atoms with Crippen LogP contribution in [-0.2, 0) is 6.54 Å². The molecule has 3 nitrogen and oxygen atoms in total. The van der Waals surface area contributed by atoms with Gasteiger partial charge in [-0.15, -0.1) is 0 Å². The molecule has 0 fully saturated rings. The molecule has 0 aliphatic heterocycles. The second-order valence-corrected chi connectivity index (χ2v) is 6.40. The molecule has 1 aromatic heterocycles. The SMILES string of the molecule is CCCNc1ncccc1CN(C)C(C)C(C)(C)C. The summed E-state index contributed by atoms with van der Waals surface area (Å²) < 4.78 is 0. The molecule has 1 N–H and O–H groups in total. The van der Waals surface area contributed by atoms with Gasteiger partial charge in [0.25, 0.3) is 0 Å². The van der Waals surface area contributed by atoms with Gasteiger partial charge in [0.15, 0.2) is 0 Å². The molecule has 1 atom stereocenters. The van der Waals surface area contributed by atoms with Gasteiger partial charge in [0, 0.05) is 30.9 Å². The monoisotopic (exact) mass is 263 g/mol. The average molecular weight is 263 g/mol. The highest BCUT2D eigenvalue weighted by atomic mass is 15.1. The lowest BCUT2D eigenvalue weighted by atomic mass is 9.87. The summed E-state index contributed by atoms with van der Waals surface area (Å²) in [6.07, 6.45) is 2.97. The summed E-state index contributed by atoms with van der Waals surface area (Å²) in [5.41, 5.74) is 1.56. The van der Waals surface area contributed by atoms with E-state index < -0.39 is 0 Å². The Labute approximate surface area is 118 Å². The van der Waals surface area contributed by atoms with Gasteiger partial charge in [-0.05, 0) is 31.9 Å². The number of hydrogen-bond donors (Lipinski definition) is 1. The minimum atomic E-state index is 0.286. The van der Waals surface area contributed by atoms with E-state index in [4.69, 9.17) is 0 Å². The van der Waals surface area contributed by atoms with Gasteiger partial charge in [-0.25, -0.2) is 4.98 Å². The second kappa shape index (κ2) is 6.90. The summed E-state index contributed by atoms with van der Waals surface area (Å²) >= 11 is 0. The lowest BCUT2D eigenvalue weighted by molar-refractivity contribution is 0.135. The molecule has 19 heavy (non-hydrogen) atoms. The Morgan fingerprint density at radius 1 is 1.37 bits per heavy atom. The highest BCUT2D eigenvalue weighted by Gasteiger charge is 2.24. The van der Waals surface area contributed by atoms with Crippen LogP contribution in [0, 0.1) is 5.41 Å². The van der Waals surface area contributed by atoms with Crippen molar-refractivity contribution in [3.63, 3.8) is 0 Å². The molecular formula is C16H29N3. The summed E-state index contributed by atoms with van der Waals surface area (Å²) in [7, 11) is 2.19. The Hall–Kier alpha value is -1.09. The van der Waals surface area contributed by atoms with Crippen molar-refractivity contribution in [1.82, 2.24) is 9.88 Å². The average Bonchev–Trinajstić information content (AvgIpc) is 2.35. The second-order valence-electron chi connectivity index (χ2n) is 6.40. The van der Waals surface area contributed by atoms with Gasteiger partial charge in [0.05, 0.1) is 0 Å². The first-order valence-corrected chi connectivity index (χ1v) is 7.24. The lowest BCUT2D eigenvalue weighted by Crippen LogP contribution is -2.38. The molecule has 0 spiro atoms. The van der Waals surface area contributed by atoms with Crippen molar-refractivity contribution in [3.05, 3.63) is 23.9 Å². The van der Waals surface area contributed by atoms with Crippen LogP contribution in [0.25, 0.3) is 0 Å². The Morgan fingerprint density at radius 3 is 2.63 bits per heavy atom. The molecule has 1 rings (SSSR count). The minimum Gasteiger partial charge on any atom is -0.370 e. The first-order valence-electron chi connectivity index (χ1n) is 7.24. The van der Waals surface area contributed by atoms with E-state index in [-0.39, 0.29) is 5.41 Å². The molecule has 1 heterocycles. The molecule has 0 radical (unpaired) electrons. The third-order valence-electron chi connectivity index (χ3n) is 3.77. The highest BCUT2D eigenvalue weighted by molar-refractivity contribution is 5.43. The number of nitrogens with zero attached hydrogens (tertiary/aromatic N) is 2. The lowest BCUT2D eigenvalue weighted by Gasteiger charge is -2.35. The number of rotatable bonds is 6. The van der Waals surface area contributed by atoms with Crippen LogP contribution in [0.5, 0.6) is 0 Å². The maximum atomic E-state index is 4.45. The molecule has 0 aromatic carbocycles. The van der Waals surface area contributed by atoms with Crippen LogP contribution in [0.4, 0.5) is 5.82 Å². The first-order chi connectivity index (χ1) is 8.86. The maximum absolute atomic E-state index is 4.45. The Morgan fingerprint density at radius 2 is 2.05 bits per heavy atom. The van der Waals surface area contributed by atoms with Gasteiger partial charge in [-0.2, -0.15) is 0 Å². The van der Waals surface area contributed by atoms with E-state index in [0.29, 0.717) is 6.04 Å². The van der Waals surface area contributed by atoms with Crippen molar-refractivity contribution in [1.29, 1.82) is 0 Å². The van der Waals surface area contributed by atoms with Crippen molar-refractivity contribution < 1.29 is 0 Å². The molecule has 108 valence electrons. The van der Waals surface area contributed by atoms with Gasteiger partial charge < -0.3 is 5.32 Å². The number of hydrogen-bond acceptors (Lipinski definition) is 3. The summed E-state index contributed by atoms with van der Waals surface area (Å²) in [6.45, 7) is 13.2. The van der Waals surface area contributed by atoms with Gasteiger partial charge in [0.1, 0.15) is 5.82 Å². The molecular weight excluding hydrogens is 234 g/mol. The fraction of sp³-hybridized carbons (Fsp3) is 0.688. The predicted octanol–water partition coefficient (Wildman–Crippen LogP) is 3.77. The van der Waals surface area contributed by atoms with Crippen molar-refractivity contribution >= 4 is 5.82 Å². The molecule has 0 aliphatic carbocycles. The Kier molecular flexibility index (Phi) is 5.80. The van der Waals surface area contributed by atoms with Crippen molar-refractivity contribution in [2.75, 3.05) is 18.9 Å². The third kappa shape index (κ3) is 4.83. The normalized spacial score (nSPS) is 13.6. The summed E-state index contributed by atoms with van der Waals surface area (Å²) in [5, 5.41) is 3.41. The third-order valence-corrected chi connectivity index (χ3v) is 3.77. The zero-order valence-corrected chi connectivity index (χ0v) is 13.3. The number of nitrogens with one attached hydrogen (secondary N) is 1. The van der Waals surface area contributed by atoms with E-state index in [1.807, 2.05) is 12.3 Å². The summed E-state index contributed by atoms with van der Waals surface area (Å²) in [5.74, 6) is 1.03. The summed E-state index contributed by atoms with van der Waals surface area (Å²) in [4.78, 5) is 6.85. The fourth-order valence-corrected chi connectivity index (χ4v) is 2.04. The largest absolute Gasteiger partial charge is 0.370 e. The van der Waals surface area contributed by atoms with Gasteiger partial charge in [-0.1, -0.05) is 33.8 Å². The van der Waals surface area contributed by atoms with Gasteiger partial charge in [0.2, 0.25) is 0 Å². The van der Waals surface area contributed by atoms with Crippen LogP contribution < -0.4 is 5.32 Å². The smallest absolute Gasteiger partial charge is 0.130 e. The van der Waals surface area contributed by atoms with E-state index in [0.717, 1.165) is 25.3 Å². The maximum Gasteiger partial charge on any atom is 0.130 e. The Balaban J connectivity index is 2.76. The quantitative estimate of drug-likeness (QED) is 0.847. The van der Waals surface area contributed by atoms with Crippen LogP contribution in [0.15, 0.2) is 18.3 Å². The van der Waals surface area contributed by atoms with Crippen LogP contribution in [0.1, 0.15) is 46.6 Å². The zero-order valence-electron chi connectivity index (χ0n) is 13.3. The van der Waals surface area contributed by atoms with Crippen LogP contribution >= 0.6 is 0 Å². The molecule has 0 bridgehead atoms. The molecule has 3 heteroatoms. The van der Waals surface area contributed by atoms with E-state index in [2.05, 4.69) is 62.9 Å². The van der Waals surface area contributed by atoms with Gasteiger partial charge >= 0.3 is 0 Å². The predicted molar refractivity (Wildman–Crippen MR) is 83.4 cm³/mol. The molecule has 1 unspecified atom stereocenters.